The van der Waals surface area contributed by atoms with E-state index in [1.807, 2.05) is 24.3 Å². The van der Waals surface area contributed by atoms with E-state index in [0.717, 1.165) is 11.0 Å². The molecule has 15 heavy (non-hydrogen) atoms. The van der Waals surface area contributed by atoms with Gasteiger partial charge < -0.3 is 9.84 Å². The number of methoxy groups -OCH3 is 1. The summed E-state index contributed by atoms with van der Waals surface area (Å²) in [6.45, 7) is 1.64. The van der Waals surface area contributed by atoms with Crippen molar-refractivity contribution in [1.82, 2.24) is 9.97 Å². The summed E-state index contributed by atoms with van der Waals surface area (Å²) in [7, 11) is 1.52. The van der Waals surface area contributed by atoms with Crippen molar-refractivity contribution in [3.8, 4) is 5.88 Å². The topological polar surface area (TPSA) is 55.2 Å². The lowest BCUT2D eigenvalue weighted by molar-refractivity contribution is 0.188. The minimum absolute atomic E-state index is 0.378. The van der Waals surface area contributed by atoms with Crippen molar-refractivity contribution in [2.75, 3.05) is 7.11 Å². The summed E-state index contributed by atoms with van der Waals surface area (Å²) in [5.41, 5.74) is 1.99. The maximum atomic E-state index is 9.51. The number of benzene rings is 1. The molecule has 2 aromatic rings. The number of ether oxygens (including phenoxy) is 1. The van der Waals surface area contributed by atoms with E-state index >= 15 is 0 Å². The van der Waals surface area contributed by atoms with Crippen molar-refractivity contribution in [2.45, 2.75) is 13.0 Å². The van der Waals surface area contributed by atoms with Crippen LogP contribution in [0.2, 0.25) is 0 Å². The van der Waals surface area contributed by atoms with E-state index in [1.54, 1.807) is 6.92 Å². The van der Waals surface area contributed by atoms with Crippen LogP contribution in [0.15, 0.2) is 24.3 Å². The molecule has 1 atom stereocenters. The Morgan fingerprint density at radius 1 is 1.20 bits per heavy atom. The third kappa shape index (κ3) is 1.76. The zero-order chi connectivity index (χ0) is 10.8. The van der Waals surface area contributed by atoms with Gasteiger partial charge in [0.05, 0.1) is 24.2 Å². The van der Waals surface area contributed by atoms with Gasteiger partial charge in [-0.3, -0.25) is 0 Å². The Balaban J connectivity index is 2.69. The summed E-state index contributed by atoms with van der Waals surface area (Å²) < 4.78 is 5.08. The van der Waals surface area contributed by atoms with Gasteiger partial charge in [-0.15, -0.1) is 0 Å². The molecule has 1 aromatic heterocycles. The van der Waals surface area contributed by atoms with Gasteiger partial charge in [-0.25, -0.2) is 9.97 Å². The van der Waals surface area contributed by atoms with Crippen molar-refractivity contribution in [3.05, 3.63) is 30.0 Å². The van der Waals surface area contributed by atoms with E-state index in [0.29, 0.717) is 11.6 Å². The highest BCUT2D eigenvalue weighted by molar-refractivity contribution is 5.74. The molecule has 0 fully saturated rings. The fraction of sp³-hybridized carbons (Fsp3) is 0.273. The van der Waals surface area contributed by atoms with Gasteiger partial charge in [-0.2, -0.15) is 0 Å². The van der Waals surface area contributed by atoms with E-state index in [4.69, 9.17) is 4.74 Å². The molecular formula is C11H12N2O2. The number of fused-ring (bicyclic) bond motifs is 1. The van der Waals surface area contributed by atoms with Crippen molar-refractivity contribution >= 4 is 11.0 Å². The van der Waals surface area contributed by atoms with E-state index in [-0.39, 0.29) is 0 Å². The number of aromatic nitrogens is 2. The van der Waals surface area contributed by atoms with E-state index < -0.39 is 6.10 Å². The van der Waals surface area contributed by atoms with E-state index in [2.05, 4.69) is 9.97 Å². The first-order valence-corrected chi connectivity index (χ1v) is 4.71. The van der Waals surface area contributed by atoms with Gasteiger partial charge in [0.1, 0.15) is 5.69 Å². The van der Waals surface area contributed by atoms with E-state index in [9.17, 15) is 5.11 Å². The second kappa shape index (κ2) is 3.82. The van der Waals surface area contributed by atoms with Gasteiger partial charge in [-0.05, 0) is 19.1 Å². The lowest BCUT2D eigenvalue weighted by atomic mass is 10.2. The second-order valence-corrected chi connectivity index (χ2v) is 3.28. The summed E-state index contributed by atoms with van der Waals surface area (Å²) in [6, 6.07) is 7.48. The summed E-state index contributed by atoms with van der Waals surface area (Å²) in [5, 5.41) is 9.51. The highest BCUT2D eigenvalue weighted by atomic mass is 16.5. The highest BCUT2D eigenvalue weighted by Crippen LogP contribution is 2.23. The van der Waals surface area contributed by atoms with Gasteiger partial charge in [0.2, 0.25) is 5.88 Å². The molecule has 0 saturated carbocycles. The van der Waals surface area contributed by atoms with Crippen LogP contribution >= 0.6 is 0 Å². The molecule has 2 rings (SSSR count). The maximum absolute atomic E-state index is 9.51. The van der Waals surface area contributed by atoms with Gasteiger partial charge in [-0.1, -0.05) is 12.1 Å². The molecule has 1 N–H and O–H groups in total. The third-order valence-electron chi connectivity index (χ3n) is 2.15. The lowest BCUT2D eigenvalue weighted by Gasteiger charge is -2.09. The van der Waals surface area contributed by atoms with Crippen molar-refractivity contribution in [2.24, 2.45) is 0 Å². The molecular weight excluding hydrogens is 192 g/mol. The van der Waals surface area contributed by atoms with Crippen LogP contribution in [-0.4, -0.2) is 22.2 Å². The Bertz CT molecular complexity index is 483. The molecule has 78 valence electrons. The van der Waals surface area contributed by atoms with Crippen molar-refractivity contribution < 1.29 is 9.84 Å². The first-order chi connectivity index (χ1) is 7.22. The maximum Gasteiger partial charge on any atom is 0.238 e. The standard InChI is InChI=1S/C11H12N2O2/c1-7(14)10-11(15-2)13-9-6-4-3-5-8(9)12-10/h3-7,14H,1-2H3. The molecule has 4 nitrogen and oxygen atoms in total. The minimum atomic E-state index is -0.683. The van der Waals surface area contributed by atoms with Crippen LogP contribution in [0.1, 0.15) is 18.7 Å². The summed E-state index contributed by atoms with van der Waals surface area (Å²) in [6.07, 6.45) is -0.683. The van der Waals surface area contributed by atoms with Crippen LogP contribution in [0.5, 0.6) is 5.88 Å². The number of para-hydroxylation sites is 2. The third-order valence-corrected chi connectivity index (χ3v) is 2.15. The monoisotopic (exact) mass is 204 g/mol. The Hall–Kier alpha value is -1.68. The van der Waals surface area contributed by atoms with Gasteiger partial charge >= 0.3 is 0 Å². The Kier molecular flexibility index (Phi) is 2.51. The summed E-state index contributed by atoms with van der Waals surface area (Å²) in [5.74, 6) is 0.378. The van der Waals surface area contributed by atoms with E-state index in [1.165, 1.54) is 7.11 Å². The molecule has 1 unspecified atom stereocenters. The van der Waals surface area contributed by atoms with Crippen LogP contribution in [0.4, 0.5) is 0 Å². The molecule has 0 aliphatic carbocycles. The quantitative estimate of drug-likeness (QED) is 0.808. The molecule has 0 radical (unpaired) electrons. The van der Waals surface area contributed by atoms with Crippen LogP contribution in [-0.2, 0) is 0 Å². The minimum Gasteiger partial charge on any atom is -0.480 e. The number of hydrogen-bond acceptors (Lipinski definition) is 4. The normalized spacial score (nSPS) is 12.7. The predicted molar refractivity (Wildman–Crippen MR) is 56.7 cm³/mol. The molecule has 0 amide bonds. The van der Waals surface area contributed by atoms with Crippen LogP contribution in [0.25, 0.3) is 11.0 Å². The second-order valence-electron chi connectivity index (χ2n) is 3.28. The average molecular weight is 204 g/mol. The Morgan fingerprint density at radius 2 is 1.80 bits per heavy atom. The van der Waals surface area contributed by atoms with Gasteiger partial charge in [0, 0.05) is 0 Å². The van der Waals surface area contributed by atoms with Crippen molar-refractivity contribution in [1.29, 1.82) is 0 Å². The first-order valence-electron chi connectivity index (χ1n) is 4.71. The number of nitrogens with zero attached hydrogens (tertiary/aromatic N) is 2. The zero-order valence-corrected chi connectivity index (χ0v) is 8.64. The molecule has 0 aliphatic rings. The predicted octanol–water partition coefficient (Wildman–Crippen LogP) is 1.69. The molecule has 1 heterocycles. The van der Waals surface area contributed by atoms with Crippen LogP contribution < -0.4 is 4.74 Å². The average Bonchev–Trinajstić information content (AvgIpc) is 2.27. The van der Waals surface area contributed by atoms with Crippen molar-refractivity contribution in [3.63, 3.8) is 0 Å². The number of aliphatic hydroxyl groups excluding tert-OH is 1. The van der Waals surface area contributed by atoms with Crippen LogP contribution in [0.3, 0.4) is 0 Å². The number of hydrogen-bond donors (Lipinski definition) is 1. The fourth-order valence-corrected chi connectivity index (χ4v) is 1.42. The number of aliphatic hydroxyl groups is 1. The van der Waals surface area contributed by atoms with Crippen LogP contribution in [0, 0.1) is 0 Å². The Labute approximate surface area is 87.6 Å². The van der Waals surface area contributed by atoms with Gasteiger partial charge in [0.25, 0.3) is 0 Å². The molecule has 1 aromatic carbocycles. The molecule has 4 heteroatoms. The fourth-order valence-electron chi connectivity index (χ4n) is 1.42. The smallest absolute Gasteiger partial charge is 0.238 e. The molecule has 0 spiro atoms. The SMILES string of the molecule is COc1nc2ccccc2nc1C(C)O. The van der Waals surface area contributed by atoms with Gasteiger partial charge in [0.15, 0.2) is 0 Å². The lowest BCUT2D eigenvalue weighted by Crippen LogP contribution is -2.02. The Morgan fingerprint density at radius 3 is 2.33 bits per heavy atom. The first kappa shape index (κ1) is 9.86. The molecule has 0 aliphatic heterocycles. The highest BCUT2D eigenvalue weighted by Gasteiger charge is 2.13. The zero-order valence-electron chi connectivity index (χ0n) is 8.64. The number of rotatable bonds is 2. The molecule has 0 saturated heterocycles. The summed E-state index contributed by atoms with van der Waals surface area (Å²) >= 11 is 0. The largest absolute Gasteiger partial charge is 0.480 e. The summed E-state index contributed by atoms with van der Waals surface area (Å²) in [4.78, 5) is 8.58. The molecule has 0 bridgehead atoms.